The van der Waals surface area contributed by atoms with Gasteiger partial charge in [0.05, 0.1) is 28.8 Å². The molecule has 38 heavy (non-hydrogen) atoms. The topological polar surface area (TPSA) is 92.7 Å². The van der Waals surface area contributed by atoms with Crippen LogP contribution in [-0.4, -0.2) is 55.6 Å². The molecule has 0 bridgehead atoms. The second-order valence-electron chi connectivity index (χ2n) is 8.74. The quantitative estimate of drug-likeness (QED) is 0.372. The maximum Gasteiger partial charge on any atom is 0.421 e. The van der Waals surface area contributed by atoms with E-state index in [1.165, 1.54) is 27.7 Å². The molecule has 0 saturated carbocycles. The van der Waals surface area contributed by atoms with Crippen LogP contribution >= 0.6 is 11.3 Å². The van der Waals surface area contributed by atoms with Crippen LogP contribution in [0.1, 0.15) is 29.7 Å². The van der Waals surface area contributed by atoms with E-state index >= 15 is 4.39 Å². The Hall–Kier alpha value is -3.26. The summed E-state index contributed by atoms with van der Waals surface area (Å²) in [5, 5.41) is 0.137. The van der Waals surface area contributed by atoms with Gasteiger partial charge in [0.1, 0.15) is 12.2 Å². The van der Waals surface area contributed by atoms with Crippen LogP contribution in [0, 0.1) is 5.82 Å². The molecule has 0 spiro atoms. The first-order valence-electron chi connectivity index (χ1n) is 11.5. The van der Waals surface area contributed by atoms with E-state index in [1.807, 2.05) is 30.3 Å². The Balaban J connectivity index is 1.48. The van der Waals surface area contributed by atoms with E-state index in [0.29, 0.717) is 12.8 Å². The highest BCUT2D eigenvalue weighted by Crippen LogP contribution is 2.41. The van der Waals surface area contributed by atoms with E-state index in [9.17, 15) is 26.4 Å². The minimum absolute atomic E-state index is 0.0833. The zero-order valence-electron chi connectivity index (χ0n) is 20.2. The number of thiazole rings is 1. The highest BCUT2D eigenvalue weighted by molar-refractivity contribution is 7.90. The Morgan fingerprint density at radius 1 is 1.18 bits per heavy atom. The smallest absolute Gasteiger partial charge is 0.421 e. The van der Waals surface area contributed by atoms with Crippen molar-refractivity contribution in [3.63, 3.8) is 0 Å². The molecule has 204 valence electrons. The zero-order valence-corrected chi connectivity index (χ0v) is 21.8. The van der Waals surface area contributed by atoms with Gasteiger partial charge in [-0.1, -0.05) is 30.3 Å². The van der Waals surface area contributed by atoms with Crippen molar-refractivity contribution < 1.29 is 35.5 Å². The highest BCUT2D eigenvalue weighted by Gasteiger charge is 2.42. The van der Waals surface area contributed by atoms with Crippen LogP contribution in [0.5, 0.6) is 0 Å². The molecule has 1 saturated heterocycles. The van der Waals surface area contributed by atoms with E-state index in [-0.39, 0.29) is 25.4 Å². The summed E-state index contributed by atoms with van der Waals surface area (Å²) in [7, 11) is -3.16. The number of rotatable bonds is 7. The number of hydrogen-bond acceptors (Lipinski definition) is 8. The molecule has 14 heteroatoms. The summed E-state index contributed by atoms with van der Waals surface area (Å²) in [5.41, 5.74) is -0.00623. The van der Waals surface area contributed by atoms with E-state index in [2.05, 4.69) is 9.97 Å². The number of aromatic nitrogens is 2. The Kier molecular flexibility index (Phi) is 8.21. The molecular weight excluding hydrogens is 548 g/mol. The van der Waals surface area contributed by atoms with Crippen LogP contribution in [0.15, 0.2) is 52.4 Å². The minimum Gasteiger partial charge on any atom is -0.445 e. The molecule has 1 amide bonds. The molecule has 0 atom stereocenters. The maximum atomic E-state index is 15.2. The molecule has 3 heterocycles. The Labute approximate surface area is 220 Å². The van der Waals surface area contributed by atoms with E-state index in [1.54, 1.807) is 0 Å². The van der Waals surface area contributed by atoms with Gasteiger partial charge in [0.15, 0.2) is 10.8 Å². The lowest BCUT2D eigenvalue weighted by Crippen LogP contribution is -2.46. The van der Waals surface area contributed by atoms with Crippen LogP contribution in [-0.2, 0) is 33.1 Å². The number of nitrogens with zero attached hydrogens (tertiary/aromatic N) is 4. The molecule has 0 aliphatic carbocycles. The van der Waals surface area contributed by atoms with Crippen LogP contribution in [0.3, 0.4) is 0 Å². The number of hydrogen-bond donors (Lipinski definition) is 0. The van der Waals surface area contributed by atoms with Crippen LogP contribution < -0.4 is 4.90 Å². The first-order valence-corrected chi connectivity index (χ1v) is 14.1. The standard InChI is InChI=1S/C24H24F4N4O4S2/c1-31(18-7-9-32(10-8-18)23(33)36-12-16-5-3-2-4-6-16)19-11-29-22(21(25)20(19)24(26,27)28)38(34,35)14-17-13-37-15-30-17/h2-6,11,13,15,18H,7-10,12,14H2,1H3. The minimum atomic E-state index is -5.18. The fraction of sp³-hybridized carbons (Fsp3) is 0.375. The molecule has 1 aromatic carbocycles. The largest absolute Gasteiger partial charge is 0.445 e. The van der Waals surface area contributed by atoms with Crippen molar-refractivity contribution in [2.24, 2.45) is 0 Å². The summed E-state index contributed by atoms with van der Waals surface area (Å²) in [6.07, 6.45) is -4.39. The van der Waals surface area contributed by atoms with Crippen molar-refractivity contribution in [1.29, 1.82) is 0 Å². The molecule has 2 aromatic heterocycles. The number of carbonyl (C=O) groups is 1. The van der Waals surface area contributed by atoms with Crippen LogP contribution in [0.4, 0.5) is 28.0 Å². The number of ether oxygens (including phenoxy) is 1. The molecule has 0 unspecified atom stereocenters. The number of likely N-dealkylation sites (tertiary alicyclic amines) is 1. The van der Waals surface area contributed by atoms with Gasteiger partial charge in [-0.2, -0.15) is 13.2 Å². The first-order chi connectivity index (χ1) is 18.0. The number of sulfone groups is 1. The third-order valence-electron chi connectivity index (χ3n) is 6.22. The number of carbonyl (C=O) groups excluding carboxylic acids is 1. The number of pyridine rings is 1. The van der Waals surface area contributed by atoms with Crippen molar-refractivity contribution in [3.05, 3.63) is 70.1 Å². The van der Waals surface area contributed by atoms with Crippen LogP contribution in [0.2, 0.25) is 0 Å². The maximum absolute atomic E-state index is 15.2. The Bertz CT molecular complexity index is 1360. The number of piperidine rings is 1. The number of halogens is 4. The van der Waals surface area contributed by atoms with Gasteiger partial charge < -0.3 is 14.5 Å². The van der Waals surface area contributed by atoms with Gasteiger partial charge in [-0.05, 0) is 18.4 Å². The summed E-state index contributed by atoms with van der Waals surface area (Å²) >= 11 is 1.10. The van der Waals surface area contributed by atoms with Gasteiger partial charge in [0.2, 0.25) is 9.84 Å². The van der Waals surface area contributed by atoms with E-state index < -0.39 is 56.0 Å². The molecule has 3 aromatic rings. The molecule has 1 aliphatic heterocycles. The molecule has 1 aliphatic rings. The van der Waals surface area contributed by atoms with Gasteiger partial charge in [-0.3, -0.25) is 0 Å². The average Bonchev–Trinajstić information content (AvgIpc) is 3.38. The van der Waals surface area contributed by atoms with Gasteiger partial charge in [-0.25, -0.2) is 27.6 Å². The molecule has 8 nitrogen and oxygen atoms in total. The van der Waals surface area contributed by atoms with E-state index in [4.69, 9.17) is 4.74 Å². The SMILES string of the molecule is CN(c1cnc(S(=O)(=O)Cc2cscn2)c(F)c1C(F)(F)F)C1CCN(C(=O)OCc2ccccc2)CC1. The summed E-state index contributed by atoms with van der Waals surface area (Å²) in [6.45, 7) is 0.539. The monoisotopic (exact) mass is 572 g/mol. The predicted octanol–water partition coefficient (Wildman–Crippen LogP) is 4.91. The van der Waals surface area contributed by atoms with Crippen molar-refractivity contribution in [1.82, 2.24) is 14.9 Å². The molecule has 0 radical (unpaired) electrons. The predicted molar refractivity (Wildman–Crippen MR) is 132 cm³/mol. The lowest BCUT2D eigenvalue weighted by Gasteiger charge is -2.38. The number of alkyl halides is 3. The highest BCUT2D eigenvalue weighted by atomic mass is 32.2. The zero-order chi connectivity index (χ0) is 27.5. The van der Waals surface area contributed by atoms with Gasteiger partial charge in [0, 0.05) is 31.6 Å². The molecular formula is C24H24F4N4O4S2. The number of benzene rings is 1. The van der Waals surface area contributed by atoms with Gasteiger partial charge in [0.25, 0.3) is 0 Å². The molecule has 0 N–H and O–H groups in total. The molecule has 1 fully saturated rings. The lowest BCUT2D eigenvalue weighted by molar-refractivity contribution is -0.139. The van der Waals surface area contributed by atoms with Gasteiger partial charge >= 0.3 is 12.3 Å². The van der Waals surface area contributed by atoms with Crippen molar-refractivity contribution in [2.75, 3.05) is 25.0 Å². The van der Waals surface area contributed by atoms with Gasteiger partial charge in [-0.15, -0.1) is 11.3 Å². The number of amides is 1. The third kappa shape index (κ3) is 6.23. The Morgan fingerprint density at radius 2 is 1.87 bits per heavy atom. The number of anilines is 1. The summed E-state index contributed by atoms with van der Waals surface area (Å²) in [6, 6.07) is 8.63. The van der Waals surface area contributed by atoms with Crippen molar-refractivity contribution >= 4 is 33.0 Å². The molecule has 4 rings (SSSR count). The second kappa shape index (κ2) is 11.2. The normalized spacial score (nSPS) is 14.9. The average molecular weight is 573 g/mol. The summed E-state index contributed by atoms with van der Waals surface area (Å²) in [4.78, 5) is 22.5. The van der Waals surface area contributed by atoms with Crippen molar-refractivity contribution in [3.8, 4) is 0 Å². The van der Waals surface area contributed by atoms with Crippen molar-refractivity contribution in [2.45, 2.75) is 42.4 Å². The lowest BCUT2D eigenvalue weighted by atomic mass is 10.0. The fourth-order valence-electron chi connectivity index (χ4n) is 4.23. The second-order valence-corrected chi connectivity index (χ2v) is 11.4. The van der Waals surface area contributed by atoms with E-state index in [0.717, 1.165) is 23.1 Å². The summed E-state index contributed by atoms with van der Waals surface area (Å²) in [5.74, 6) is -2.72. The Morgan fingerprint density at radius 3 is 2.47 bits per heavy atom. The van der Waals surface area contributed by atoms with Crippen LogP contribution in [0.25, 0.3) is 0 Å². The fourth-order valence-corrected chi connectivity index (χ4v) is 6.17. The third-order valence-corrected chi connectivity index (χ3v) is 8.41. The summed E-state index contributed by atoms with van der Waals surface area (Å²) < 4.78 is 87.8. The first kappa shape index (κ1) is 27.8.